The standard InChI is InChI=1S/C24H14Cl2F3N5O2/c25-16-6-2-14(3-7-16)19-20(15-4-8-17(26)9-5-15)31-22(35)34-21(19)32-33(23(34)36)12-13-1-10-18(30-11-13)24(27,28)29/h1-11H,12H2,(H,31,35). The van der Waals surface area contributed by atoms with E-state index in [1.807, 2.05) is 0 Å². The smallest absolute Gasteiger partial charge is 0.306 e. The van der Waals surface area contributed by atoms with Crippen LogP contribution in [0, 0.1) is 0 Å². The fourth-order valence-corrected chi connectivity index (χ4v) is 4.03. The largest absolute Gasteiger partial charge is 0.433 e. The molecule has 12 heteroatoms. The number of H-pyrrole nitrogens is 1. The van der Waals surface area contributed by atoms with Gasteiger partial charge in [-0.25, -0.2) is 14.3 Å². The van der Waals surface area contributed by atoms with Crippen molar-refractivity contribution in [1.29, 1.82) is 0 Å². The molecule has 0 saturated carbocycles. The van der Waals surface area contributed by atoms with E-state index >= 15 is 0 Å². The number of nitrogens with one attached hydrogen (secondary N) is 1. The normalized spacial score (nSPS) is 11.8. The number of aromatic amines is 1. The van der Waals surface area contributed by atoms with Crippen molar-refractivity contribution in [1.82, 2.24) is 24.1 Å². The molecular formula is C24H14Cl2F3N5O2. The lowest BCUT2D eigenvalue weighted by molar-refractivity contribution is -0.141. The number of alkyl halides is 3. The van der Waals surface area contributed by atoms with Crippen LogP contribution in [0.3, 0.4) is 0 Å². The van der Waals surface area contributed by atoms with Gasteiger partial charge in [0.05, 0.1) is 17.8 Å². The van der Waals surface area contributed by atoms with Crippen molar-refractivity contribution in [3.05, 3.63) is 109 Å². The van der Waals surface area contributed by atoms with Gasteiger partial charge in [-0.3, -0.25) is 4.98 Å². The highest BCUT2D eigenvalue weighted by molar-refractivity contribution is 6.31. The summed E-state index contributed by atoms with van der Waals surface area (Å²) >= 11 is 12.1. The van der Waals surface area contributed by atoms with Gasteiger partial charge in [-0.1, -0.05) is 53.5 Å². The van der Waals surface area contributed by atoms with Gasteiger partial charge in [0, 0.05) is 16.2 Å². The number of nitrogens with zero attached hydrogens (tertiary/aromatic N) is 4. The molecule has 3 aromatic heterocycles. The van der Waals surface area contributed by atoms with Gasteiger partial charge in [0.15, 0.2) is 5.65 Å². The second-order valence-corrected chi connectivity index (χ2v) is 8.72. The van der Waals surface area contributed by atoms with Crippen molar-refractivity contribution in [3.8, 4) is 22.4 Å². The molecule has 0 amide bonds. The number of hydrogen-bond acceptors (Lipinski definition) is 4. The van der Waals surface area contributed by atoms with E-state index < -0.39 is 23.2 Å². The number of rotatable bonds is 4. The summed E-state index contributed by atoms with van der Waals surface area (Å²) in [5.74, 6) is 0. The van der Waals surface area contributed by atoms with E-state index in [9.17, 15) is 22.8 Å². The van der Waals surface area contributed by atoms with E-state index in [2.05, 4.69) is 15.1 Å². The first-order valence-electron chi connectivity index (χ1n) is 10.4. The minimum atomic E-state index is -4.59. The molecule has 5 aromatic rings. The van der Waals surface area contributed by atoms with Crippen LogP contribution >= 0.6 is 23.2 Å². The fraction of sp³-hybridized carbons (Fsp3) is 0.0833. The van der Waals surface area contributed by atoms with Gasteiger partial charge in [0.2, 0.25) is 0 Å². The molecule has 0 aliphatic carbocycles. The van der Waals surface area contributed by atoms with E-state index in [-0.39, 0.29) is 12.2 Å². The number of hydrogen-bond donors (Lipinski definition) is 1. The monoisotopic (exact) mass is 531 g/mol. The second kappa shape index (κ2) is 8.96. The van der Waals surface area contributed by atoms with Gasteiger partial charge in [-0.05, 0) is 47.0 Å². The van der Waals surface area contributed by atoms with Crippen molar-refractivity contribution in [2.45, 2.75) is 12.7 Å². The summed E-state index contributed by atoms with van der Waals surface area (Å²) in [5, 5.41) is 5.37. The maximum atomic E-state index is 13.1. The molecule has 0 aliphatic rings. The van der Waals surface area contributed by atoms with Crippen LogP contribution in [0.25, 0.3) is 28.0 Å². The molecule has 0 unspecified atom stereocenters. The third kappa shape index (κ3) is 4.40. The van der Waals surface area contributed by atoms with E-state index in [0.717, 1.165) is 21.3 Å². The Labute approximate surface area is 210 Å². The molecule has 5 rings (SSSR count). The molecule has 0 saturated heterocycles. The molecule has 0 bridgehead atoms. The van der Waals surface area contributed by atoms with Crippen molar-refractivity contribution >= 4 is 28.8 Å². The maximum absolute atomic E-state index is 13.1. The molecule has 0 radical (unpaired) electrons. The first-order chi connectivity index (χ1) is 17.1. The zero-order chi connectivity index (χ0) is 25.6. The molecule has 0 atom stereocenters. The second-order valence-electron chi connectivity index (χ2n) is 7.84. The van der Waals surface area contributed by atoms with E-state index in [1.165, 1.54) is 6.07 Å². The lowest BCUT2D eigenvalue weighted by Crippen LogP contribution is -2.30. The maximum Gasteiger partial charge on any atom is 0.433 e. The zero-order valence-corrected chi connectivity index (χ0v) is 19.6. The summed E-state index contributed by atoms with van der Waals surface area (Å²) in [7, 11) is 0. The molecule has 7 nitrogen and oxygen atoms in total. The molecule has 36 heavy (non-hydrogen) atoms. The Balaban J connectivity index is 1.71. The summed E-state index contributed by atoms with van der Waals surface area (Å²) < 4.78 is 40.4. The van der Waals surface area contributed by atoms with Crippen molar-refractivity contribution < 1.29 is 13.2 Å². The molecule has 182 valence electrons. The van der Waals surface area contributed by atoms with Crippen LogP contribution in [0.15, 0.2) is 76.4 Å². The van der Waals surface area contributed by atoms with Crippen LogP contribution in [0.2, 0.25) is 10.0 Å². The van der Waals surface area contributed by atoms with Crippen LogP contribution in [0.5, 0.6) is 0 Å². The highest BCUT2D eigenvalue weighted by Crippen LogP contribution is 2.33. The van der Waals surface area contributed by atoms with Gasteiger partial charge >= 0.3 is 17.6 Å². The zero-order valence-electron chi connectivity index (χ0n) is 18.1. The van der Waals surface area contributed by atoms with Crippen molar-refractivity contribution in [3.63, 3.8) is 0 Å². The Hall–Kier alpha value is -3.89. The summed E-state index contributed by atoms with van der Waals surface area (Å²) in [6.45, 7) is -0.193. The van der Waals surface area contributed by atoms with Gasteiger partial charge in [-0.2, -0.15) is 17.6 Å². The summed E-state index contributed by atoms with van der Waals surface area (Å²) in [4.78, 5) is 32.3. The molecule has 0 fully saturated rings. The van der Waals surface area contributed by atoms with Crippen LogP contribution in [-0.4, -0.2) is 24.1 Å². The average Bonchev–Trinajstić information content (AvgIpc) is 3.16. The average molecular weight is 532 g/mol. The number of benzene rings is 2. The molecule has 0 aliphatic heterocycles. The highest BCUT2D eigenvalue weighted by Gasteiger charge is 2.32. The van der Waals surface area contributed by atoms with Gasteiger partial charge in [0.1, 0.15) is 5.69 Å². The van der Waals surface area contributed by atoms with Crippen LogP contribution in [-0.2, 0) is 12.7 Å². The lowest BCUT2D eigenvalue weighted by atomic mass is 10.00. The van der Waals surface area contributed by atoms with Crippen molar-refractivity contribution in [2.75, 3.05) is 0 Å². The Kier molecular flexibility index (Phi) is 5.93. The van der Waals surface area contributed by atoms with E-state index in [0.29, 0.717) is 38.0 Å². The molecule has 2 aromatic carbocycles. The predicted octanol–water partition coefficient (Wildman–Crippen LogP) is 5.29. The minimum absolute atomic E-state index is 0.0656. The van der Waals surface area contributed by atoms with Gasteiger partial charge in [-0.15, -0.1) is 5.10 Å². The van der Waals surface area contributed by atoms with Crippen LogP contribution in [0.1, 0.15) is 11.3 Å². The Morgan fingerprint density at radius 1 is 0.861 bits per heavy atom. The summed E-state index contributed by atoms with van der Waals surface area (Å²) in [5.41, 5.74) is -0.0698. The SMILES string of the molecule is O=c1[nH]c(-c2ccc(Cl)cc2)c(-c2ccc(Cl)cc2)c2nn(Cc3ccc(C(F)(F)F)nc3)c(=O)n12. The molecule has 3 heterocycles. The third-order valence-corrected chi connectivity index (χ3v) is 5.97. The fourth-order valence-electron chi connectivity index (χ4n) is 3.77. The predicted molar refractivity (Wildman–Crippen MR) is 129 cm³/mol. The molecule has 1 N–H and O–H groups in total. The van der Waals surface area contributed by atoms with Crippen LogP contribution in [0.4, 0.5) is 13.2 Å². The Morgan fingerprint density at radius 2 is 1.47 bits per heavy atom. The number of fused-ring (bicyclic) bond motifs is 1. The third-order valence-electron chi connectivity index (χ3n) is 5.46. The highest BCUT2D eigenvalue weighted by atomic mass is 35.5. The number of pyridine rings is 1. The lowest BCUT2D eigenvalue weighted by Gasteiger charge is -2.11. The summed E-state index contributed by atoms with van der Waals surface area (Å²) in [6, 6.07) is 15.5. The quantitative estimate of drug-likeness (QED) is 0.341. The van der Waals surface area contributed by atoms with Gasteiger partial charge < -0.3 is 4.98 Å². The van der Waals surface area contributed by atoms with Crippen molar-refractivity contribution in [2.24, 2.45) is 0 Å². The van der Waals surface area contributed by atoms with Crippen LogP contribution < -0.4 is 11.4 Å². The van der Waals surface area contributed by atoms with E-state index in [4.69, 9.17) is 23.2 Å². The first kappa shape index (κ1) is 23.8. The van der Waals surface area contributed by atoms with E-state index in [1.54, 1.807) is 48.5 Å². The molecular weight excluding hydrogens is 518 g/mol. The van der Waals surface area contributed by atoms with Gasteiger partial charge in [0.25, 0.3) is 0 Å². The Bertz CT molecular complexity index is 1690. The minimum Gasteiger partial charge on any atom is -0.306 e. The first-order valence-corrected chi connectivity index (χ1v) is 11.2. The number of halogens is 5. The number of aromatic nitrogens is 5. The summed E-state index contributed by atoms with van der Waals surface area (Å²) in [6.07, 6.45) is -3.57. The topological polar surface area (TPSA) is 85.0 Å². The Morgan fingerprint density at radius 3 is 2.03 bits per heavy atom. The molecule has 0 spiro atoms.